The minimum atomic E-state index is -0.469. The maximum atomic E-state index is 11.1. The zero-order valence-corrected chi connectivity index (χ0v) is 12.9. The molecular weight excluding hydrogens is 256 g/mol. The molecule has 0 aromatic rings. The zero-order chi connectivity index (χ0) is 15.2. The third-order valence-corrected chi connectivity index (χ3v) is 3.13. The van der Waals surface area contributed by atoms with Crippen molar-refractivity contribution in [2.75, 3.05) is 6.61 Å². The third-order valence-electron chi connectivity index (χ3n) is 3.13. The molecule has 0 radical (unpaired) electrons. The van der Waals surface area contributed by atoms with Gasteiger partial charge in [-0.2, -0.15) is 0 Å². The molecule has 0 heterocycles. The summed E-state index contributed by atoms with van der Waals surface area (Å²) in [5.41, 5.74) is 0. The van der Waals surface area contributed by atoms with E-state index in [1.165, 1.54) is 25.3 Å². The number of aliphatic hydroxyl groups is 2. The van der Waals surface area contributed by atoms with Gasteiger partial charge in [-0.1, -0.05) is 38.5 Å². The van der Waals surface area contributed by atoms with Crippen LogP contribution in [-0.2, 0) is 9.53 Å². The topological polar surface area (TPSA) is 66.8 Å². The summed E-state index contributed by atoms with van der Waals surface area (Å²) in [4.78, 5) is 11.1. The minimum Gasteiger partial charge on any atom is -0.512 e. The molecule has 0 fully saturated rings. The summed E-state index contributed by atoms with van der Waals surface area (Å²) < 4.78 is 4.72. The maximum Gasteiger partial charge on any atom is 0.334 e. The molecule has 0 spiro atoms. The lowest BCUT2D eigenvalue weighted by atomic mass is 10.1. The van der Waals surface area contributed by atoms with Gasteiger partial charge in [0.1, 0.15) is 0 Å². The largest absolute Gasteiger partial charge is 0.512 e. The molecule has 1 unspecified atom stereocenters. The van der Waals surface area contributed by atoms with E-state index in [4.69, 9.17) is 9.84 Å². The Morgan fingerprint density at radius 2 is 1.65 bits per heavy atom. The van der Waals surface area contributed by atoms with E-state index in [0.717, 1.165) is 32.1 Å². The Morgan fingerprint density at radius 1 is 1.10 bits per heavy atom. The van der Waals surface area contributed by atoms with E-state index in [0.29, 0.717) is 13.0 Å². The van der Waals surface area contributed by atoms with Crippen LogP contribution >= 0.6 is 0 Å². The van der Waals surface area contributed by atoms with Crippen LogP contribution < -0.4 is 0 Å². The molecule has 0 saturated heterocycles. The predicted octanol–water partition coefficient (Wildman–Crippen LogP) is 3.88. The van der Waals surface area contributed by atoms with Crippen molar-refractivity contribution in [1.82, 2.24) is 0 Å². The van der Waals surface area contributed by atoms with E-state index >= 15 is 0 Å². The maximum absolute atomic E-state index is 11.1. The van der Waals surface area contributed by atoms with Gasteiger partial charge in [0.2, 0.25) is 0 Å². The van der Waals surface area contributed by atoms with E-state index < -0.39 is 5.97 Å². The molecule has 0 aliphatic heterocycles. The number of allylic oxidation sites excluding steroid dienone is 1. The van der Waals surface area contributed by atoms with Gasteiger partial charge < -0.3 is 14.9 Å². The van der Waals surface area contributed by atoms with Crippen molar-refractivity contribution in [2.45, 2.75) is 77.7 Å². The molecule has 4 heteroatoms. The van der Waals surface area contributed by atoms with Crippen LogP contribution in [0.4, 0.5) is 0 Å². The molecule has 118 valence electrons. The zero-order valence-electron chi connectivity index (χ0n) is 12.9. The highest BCUT2D eigenvalue weighted by molar-refractivity contribution is 5.82. The van der Waals surface area contributed by atoms with Gasteiger partial charge in [-0.15, -0.1) is 0 Å². The van der Waals surface area contributed by atoms with Crippen LogP contribution in [0.15, 0.2) is 11.8 Å². The fourth-order valence-electron chi connectivity index (χ4n) is 2.02. The van der Waals surface area contributed by atoms with Crippen molar-refractivity contribution in [3.05, 3.63) is 11.8 Å². The Morgan fingerprint density at radius 3 is 2.20 bits per heavy atom. The fourth-order valence-corrected chi connectivity index (χ4v) is 2.02. The Balaban J connectivity index is 3.37. The Bertz CT molecular complexity index is 272. The van der Waals surface area contributed by atoms with Gasteiger partial charge in [0.15, 0.2) is 0 Å². The smallest absolute Gasteiger partial charge is 0.334 e. The van der Waals surface area contributed by atoms with E-state index in [1.54, 1.807) is 6.92 Å². The van der Waals surface area contributed by atoms with Crippen LogP contribution in [0.1, 0.15) is 71.6 Å². The number of carbonyl (C=O) groups excluding carboxylic acids is 1. The van der Waals surface area contributed by atoms with Crippen molar-refractivity contribution in [3.8, 4) is 0 Å². The van der Waals surface area contributed by atoms with Crippen LogP contribution in [0, 0.1) is 0 Å². The summed E-state index contributed by atoms with van der Waals surface area (Å²) in [5.74, 6) is -0.358. The molecule has 20 heavy (non-hydrogen) atoms. The van der Waals surface area contributed by atoms with Crippen LogP contribution in [0.25, 0.3) is 0 Å². The first-order valence-corrected chi connectivity index (χ1v) is 7.80. The molecule has 4 nitrogen and oxygen atoms in total. The molecule has 0 aliphatic rings. The van der Waals surface area contributed by atoms with Gasteiger partial charge in [0, 0.05) is 6.42 Å². The highest BCUT2D eigenvalue weighted by Crippen LogP contribution is 2.12. The minimum absolute atomic E-state index is 0.111. The van der Waals surface area contributed by atoms with Crippen molar-refractivity contribution >= 4 is 5.97 Å². The number of unbranched alkanes of at least 4 members (excludes halogenated alkanes) is 6. The number of aliphatic hydroxyl groups excluding tert-OH is 2. The van der Waals surface area contributed by atoms with Crippen molar-refractivity contribution < 1.29 is 19.7 Å². The number of esters is 1. The summed E-state index contributed by atoms with van der Waals surface area (Å²) in [6.07, 6.45) is 10.2. The van der Waals surface area contributed by atoms with E-state index in [-0.39, 0.29) is 11.9 Å². The Labute approximate surface area is 122 Å². The molecule has 1 atom stereocenters. The highest BCUT2D eigenvalue weighted by atomic mass is 16.5. The molecule has 0 amide bonds. The van der Waals surface area contributed by atoms with E-state index in [2.05, 4.69) is 0 Å². The van der Waals surface area contributed by atoms with Gasteiger partial charge in [0.05, 0.1) is 24.5 Å². The molecule has 0 aromatic carbocycles. The monoisotopic (exact) mass is 286 g/mol. The summed E-state index contributed by atoms with van der Waals surface area (Å²) in [5, 5.41) is 18.6. The van der Waals surface area contributed by atoms with Gasteiger partial charge in [-0.3, -0.25) is 0 Å². The van der Waals surface area contributed by atoms with Crippen LogP contribution in [0.3, 0.4) is 0 Å². The summed E-state index contributed by atoms with van der Waals surface area (Å²) in [7, 11) is 0. The fraction of sp³-hybridized carbons (Fsp3) is 0.812. The number of hydrogen-bond donors (Lipinski definition) is 2. The van der Waals surface area contributed by atoms with Crippen molar-refractivity contribution in [1.29, 1.82) is 0 Å². The van der Waals surface area contributed by atoms with E-state index in [1.807, 2.05) is 6.92 Å². The Kier molecular flexibility index (Phi) is 12.3. The lowest BCUT2D eigenvalue weighted by Crippen LogP contribution is -2.01. The Hall–Kier alpha value is -1.03. The second kappa shape index (κ2) is 13.0. The molecule has 0 bridgehead atoms. The second-order valence-electron chi connectivity index (χ2n) is 5.25. The van der Waals surface area contributed by atoms with Gasteiger partial charge >= 0.3 is 5.97 Å². The lowest BCUT2D eigenvalue weighted by Gasteiger charge is -2.04. The lowest BCUT2D eigenvalue weighted by molar-refractivity contribution is -0.137. The quantitative estimate of drug-likeness (QED) is 0.247. The van der Waals surface area contributed by atoms with Gasteiger partial charge in [-0.05, 0) is 26.7 Å². The average molecular weight is 286 g/mol. The highest BCUT2D eigenvalue weighted by Gasteiger charge is 2.01. The molecule has 0 aliphatic carbocycles. The summed E-state index contributed by atoms with van der Waals surface area (Å²) >= 11 is 0. The number of rotatable bonds is 12. The van der Waals surface area contributed by atoms with E-state index in [9.17, 15) is 9.90 Å². The second-order valence-corrected chi connectivity index (χ2v) is 5.25. The number of ether oxygens (including phenoxy) is 1. The molecular formula is C16H30O4. The van der Waals surface area contributed by atoms with Crippen LogP contribution in [0.5, 0.6) is 0 Å². The summed E-state index contributed by atoms with van der Waals surface area (Å²) in [6.45, 7) is 3.90. The molecule has 0 aromatic heterocycles. The third kappa shape index (κ3) is 13.4. The number of carbonyl (C=O) groups is 1. The van der Waals surface area contributed by atoms with Crippen molar-refractivity contribution in [2.24, 2.45) is 0 Å². The van der Waals surface area contributed by atoms with Crippen LogP contribution in [-0.4, -0.2) is 28.9 Å². The normalized spacial score (nSPS) is 13.2. The standard InChI is InChI=1S/C16H30O4/c1-3-20-16(19)13-15(18)12-10-8-6-4-5-7-9-11-14(2)17/h13-14,17-18H,3-12H2,1-2H3. The summed E-state index contributed by atoms with van der Waals surface area (Å²) in [6, 6.07) is 0. The first kappa shape index (κ1) is 19.0. The van der Waals surface area contributed by atoms with Crippen molar-refractivity contribution in [3.63, 3.8) is 0 Å². The van der Waals surface area contributed by atoms with Gasteiger partial charge in [0.25, 0.3) is 0 Å². The SMILES string of the molecule is CCOC(=O)C=C(O)CCCCCCCCCC(C)O. The molecule has 2 N–H and O–H groups in total. The molecule has 0 saturated carbocycles. The number of hydrogen-bond acceptors (Lipinski definition) is 4. The predicted molar refractivity (Wildman–Crippen MR) is 80.6 cm³/mol. The first-order chi connectivity index (χ1) is 9.56. The molecule has 0 rings (SSSR count). The average Bonchev–Trinajstić information content (AvgIpc) is 2.36. The van der Waals surface area contributed by atoms with Crippen LogP contribution in [0.2, 0.25) is 0 Å². The first-order valence-electron chi connectivity index (χ1n) is 7.80. The van der Waals surface area contributed by atoms with Gasteiger partial charge in [-0.25, -0.2) is 4.79 Å².